The van der Waals surface area contributed by atoms with Gasteiger partial charge in [-0.3, -0.25) is 4.79 Å². The molecule has 1 aromatic carbocycles. The maximum atomic E-state index is 11.6. The van der Waals surface area contributed by atoms with E-state index in [4.69, 9.17) is 10.5 Å². The molecule has 1 rings (SSSR count). The highest BCUT2D eigenvalue weighted by atomic mass is 16.5. The Balaban J connectivity index is 2.72. The van der Waals surface area contributed by atoms with Crippen LogP contribution < -0.4 is 5.73 Å². The lowest BCUT2D eigenvalue weighted by atomic mass is 9.89. The lowest BCUT2D eigenvalue weighted by Gasteiger charge is -2.25. The minimum absolute atomic E-state index is 0.102. The average Bonchev–Trinajstić information content (AvgIpc) is 2.36. The van der Waals surface area contributed by atoms with Gasteiger partial charge in [-0.2, -0.15) is 0 Å². The van der Waals surface area contributed by atoms with E-state index in [-0.39, 0.29) is 18.0 Å². The second-order valence-corrected chi connectivity index (χ2v) is 5.07. The molecule has 0 amide bonds. The molecule has 2 unspecified atom stereocenters. The lowest BCUT2D eigenvalue weighted by Crippen LogP contribution is -2.34. The zero-order valence-corrected chi connectivity index (χ0v) is 11.9. The molecular weight excluding hydrogens is 238 g/mol. The summed E-state index contributed by atoms with van der Waals surface area (Å²) in [7, 11) is 0. The second-order valence-electron chi connectivity index (χ2n) is 5.07. The van der Waals surface area contributed by atoms with Gasteiger partial charge in [0.2, 0.25) is 0 Å². The van der Waals surface area contributed by atoms with E-state index >= 15 is 0 Å². The molecule has 0 aromatic heterocycles. The normalized spacial score (nSPS) is 15.4. The minimum Gasteiger partial charge on any atom is -0.461 e. The van der Waals surface area contributed by atoms with Crippen molar-refractivity contribution in [1.82, 2.24) is 0 Å². The number of ether oxygens (including phenoxy) is 1. The Kier molecular flexibility index (Phi) is 5.77. The van der Waals surface area contributed by atoms with Gasteiger partial charge in [-0.05, 0) is 32.8 Å². The van der Waals surface area contributed by atoms with Gasteiger partial charge in [-0.1, -0.05) is 42.5 Å². The van der Waals surface area contributed by atoms with Crippen molar-refractivity contribution in [2.75, 3.05) is 0 Å². The summed E-state index contributed by atoms with van der Waals surface area (Å²) >= 11 is 0. The smallest absolute Gasteiger partial charge is 0.322 e. The summed E-state index contributed by atoms with van der Waals surface area (Å²) in [6.45, 7) is 9.48. The second kappa shape index (κ2) is 7.10. The average molecular weight is 261 g/mol. The molecule has 0 radical (unpaired) electrons. The molecule has 0 spiro atoms. The van der Waals surface area contributed by atoms with Gasteiger partial charge in [-0.15, -0.1) is 0 Å². The van der Waals surface area contributed by atoms with E-state index in [1.807, 2.05) is 32.0 Å². The highest BCUT2D eigenvalue weighted by molar-refractivity contribution is 5.75. The topological polar surface area (TPSA) is 52.3 Å². The van der Waals surface area contributed by atoms with E-state index in [9.17, 15) is 4.79 Å². The number of hydrogen-bond donors (Lipinski definition) is 1. The third kappa shape index (κ3) is 4.87. The summed E-state index contributed by atoms with van der Waals surface area (Å²) in [6.07, 6.45) is 0.583. The summed E-state index contributed by atoms with van der Waals surface area (Å²) in [6, 6.07) is 9.53. The number of benzene rings is 1. The third-order valence-corrected chi connectivity index (χ3v) is 3.17. The molecule has 3 heteroatoms. The monoisotopic (exact) mass is 261 g/mol. The number of nitrogens with two attached hydrogens (primary N) is 1. The standard InChI is InChI=1S/C16H23NO2/c1-11(2)15(10-14-8-6-5-7-9-14)13(4)19-16(18)12(3)17/h5-9,12-13,15H,1,10,17H2,2-4H3/t12?,13?,15-/m0/s1. The Hall–Kier alpha value is -1.61. The predicted octanol–water partition coefficient (Wildman–Crippen LogP) is 2.70. The summed E-state index contributed by atoms with van der Waals surface area (Å²) in [5.74, 6) is -0.267. The van der Waals surface area contributed by atoms with Gasteiger partial charge in [0.25, 0.3) is 0 Å². The highest BCUT2D eigenvalue weighted by Crippen LogP contribution is 2.22. The zero-order valence-electron chi connectivity index (χ0n) is 11.9. The van der Waals surface area contributed by atoms with Crippen molar-refractivity contribution in [2.24, 2.45) is 11.7 Å². The van der Waals surface area contributed by atoms with Crippen molar-refractivity contribution < 1.29 is 9.53 Å². The zero-order chi connectivity index (χ0) is 14.4. The van der Waals surface area contributed by atoms with Gasteiger partial charge in [0.15, 0.2) is 0 Å². The fraction of sp³-hybridized carbons (Fsp3) is 0.438. The van der Waals surface area contributed by atoms with Crippen LogP contribution in [0, 0.1) is 5.92 Å². The quantitative estimate of drug-likeness (QED) is 0.632. The summed E-state index contributed by atoms with van der Waals surface area (Å²) in [5.41, 5.74) is 7.73. The fourth-order valence-corrected chi connectivity index (χ4v) is 1.98. The van der Waals surface area contributed by atoms with Gasteiger partial charge < -0.3 is 10.5 Å². The van der Waals surface area contributed by atoms with E-state index < -0.39 is 6.04 Å². The molecule has 0 fully saturated rings. The maximum Gasteiger partial charge on any atom is 0.322 e. The van der Waals surface area contributed by atoms with Crippen molar-refractivity contribution in [2.45, 2.75) is 39.3 Å². The Bertz CT molecular complexity index is 426. The Morgan fingerprint density at radius 2 is 1.89 bits per heavy atom. The fourth-order valence-electron chi connectivity index (χ4n) is 1.98. The van der Waals surface area contributed by atoms with E-state index in [2.05, 4.69) is 18.7 Å². The van der Waals surface area contributed by atoms with Crippen LogP contribution in [-0.4, -0.2) is 18.1 Å². The van der Waals surface area contributed by atoms with Crippen LogP contribution in [0.5, 0.6) is 0 Å². The molecule has 3 atom stereocenters. The Morgan fingerprint density at radius 3 is 2.37 bits per heavy atom. The molecule has 0 heterocycles. The number of carbonyl (C=O) groups is 1. The molecule has 0 saturated carbocycles. The van der Waals surface area contributed by atoms with Crippen LogP contribution in [0.3, 0.4) is 0 Å². The number of carbonyl (C=O) groups excluding carboxylic acids is 1. The van der Waals surface area contributed by atoms with Crippen molar-refractivity contribution in [1.29, 1.82) is 0 Å². The van der Waals surface area contributed by atoms with Gasteiger partial charge in [0, 0.05) is 5.92 Å². The molecular formula is C16H23NO2. The van der Waals surface area contributed by atoms with E-state index in [1.54, 1.807) is 6.92 Å². The van der Waals surface area contributed by atoms with Crippen LogP contribution >= 0.6 is 0 Å². The summed E-state index contributed by atoms with van der Waals surface area (Å²) in [5, 5.41) is 0. The molecule has 2 N–H and O–H groups in total. The Labute approximate surface area is 115 Å². The van der Waals surface area contributed by atoms with Crippen LogP contribution in [0.15, 0.2) is 42.5 Å². The molecule has 0 aliphatic carbocycles. The first kappa shape index (κ1) is 15.4. The maximum absolute atomic E-state index is 11.6. The van der Waals surface area contributed by atoms with Crippen molar-refractivity contribution >= 4 is 5.97 Å². The molecule has 3 nitrogen and oxygen atoms in total. The van der Waals surface area contributed by atoms with Gasteiger partial charge in [-0.25, -0.2) is 0 Å². The largest absolute Gasteiger partial charge is 0.461 e. The van der Waals surface area contributed by atoms with E-state index in [0.29, 0.717) is 0 Å². The SMILES string of the molecule is C=C(C)[C@H](Cc1ccccc1)C(C)OC(=O)C(C)N. The molecule has 19 heavy (non-hydrogen) atoms. The van der Waals surface area contributed by atoms with Crippen LogP contribution in [0.4, 0.5) is 0 Å². The number of esters is 1. The molecule has 0 aliphatic heterocycles. The summed E-state index contributed by atoms with van der Waals surface area (Å²) in [4.78, 5) is 11.6. The van der Waals surface area contributed by atoms with Crippen LogP contribution in [0.2, 0.25) is 0 Å². The first-order valence-electron chi connectivity index (χ1n) is 6.57. The first-order valence-corrected chi connectivity index (χ1v) is 6.57. The van der Waals surface area contributed by atoms with Gasteiger partial charge in [0.1, 0.15) is 12.1 Å². The number of rotatable bonds is 6. The van der Waals surface area contributed by atoms with E-state index in [1.165, 1.54) is 5.56 Å². The van der Waals surface area contributed by atoms with Crippen LogP contribution in [0.1, 0.15) is 26.3 Å². The molecule has 1 aromatic rings. The number of hydrogen-bond acceptors (Lipinski definition) is 3. The van der Waals surface area contributed by atoms with E-state index in [0.717, 1.165) is 12.0 Å². The predicted molar refractivity (Wildman–Crippen MR) is 77.7 cm³/mol. The molecule has 104 valence electrons. The molecule has 0 bridgehead atoms. The van der Waals surface area contributed by atoms with Gasteiger partial charge in [0.05, 0.1) is 0 Å². The Morgan fingerprint density at radius 1 is 1.32 bits per heavy atom. The molecule has 0 aliphatic rings. The van der Waals surface area contributed by atoms with Gasteiger partial charge >= 0.3 is 5.97 Å². The van der Waals surface area contributed by atoms with Crippen molar-refractivity contribution in [3.8, 4) is 0 Å². The molecule has 0 saturated heterocycles. The van der Waals surface area contributed by atoms with Crippen LogP contribution in [0.25, 0.3) is 0 Å². The lowest BCUT2D eigenvalue weighted by molar-refractivity contribution is -0.151. The minimum atomic E-state index is -0.593. The van der Waals surface area contributed by atoms with Crippen molar-refractivity contribution in [3.05, 3.63) is 48.0 Å². The third-order valence-electron chi connectivity index (χ3n) is 3.17. The highest BCUT2D eigenvalue weighted by Gasteiger charge is 2.23. The first-order chi connectivity index (χ1) is 8.91. The van der Waals surface area contributed by atoms with Crippen LogP contribution in [-0.2, 0) is 16.0 Å². The van der Waals surface area contributed by atoms with Crippen molar-refractivity contribution in [3.63, 3.8) is 0 Å². The summed E-state index contributed by atoms with van der Waals surface area (Å²) < 4.78 is 5.38.